The summed E-state index contributed by atoms with van der Waals surface area (Å²) in [5.74, 6) is -0.273. The molecule has 0 radical (unpaired) electrons. The smallest absolute Gasteiger partial charge is 0.339 e. The van der Waals surface area contributed by atoms with Gasteiger partial charge in [-0.2, -0.15) is 0 Å². The van der Waals surface area contributed by atoms with Crippen molar-refractivity contribution in [2.24, 2.45) is 16.7 Å². The molecular weight excluding hydrogens is 244 g/mol. The highest BCUT2D eigenvalue weighted by atomic mass is 16.6. The first kappa shape index (κ1) is 13.1. The van der Waals surface area contributed by atoms with Crippen LogP contribution in [0, 0.1) is 16.7 Å². The van der Waals surface area contributed by atoms with Gasteiger partial charge in [-0.3, -0.25) is 0 Å². The van der Waals surface area contributed by atoms with Crippen molar-refractivity contribution in [3.63, 3.8) is 0 Å². The number of hydrogen-bond donors (Lipinski definition) is 2. The first-order valence-electron chi connectivity index (χ1n) is 7.09. The zero-order valence-corrected chi connectivity index (χ0v) is 11.8. The number of aliphatic hydroxyl groups is 2. The van der Waals surface area contributed by atoms with Crippen molar-refractivity contribution in [3.05, 3.63) is 11.1 Å². The van der Waals surface area contributed by atoms with Crippen LogP contribution >= 0.6 is 0 Å². The van der Waals surface area contributed by atoms with Gasteiger partial charge in [0.2, 0.25) is 6.29 Å². The third kappa shape index (κ3) is 1.62. The summed E-state index contributed by atoms with van der Waals surface area (Å²) in [4.78, 5) is 11.8. The minimum Gasteiger partial charge on any atom is -0.428 e. The van der Waals surface area contributed by atoms with Crippen molar-refractivity contribution in [2.45, 2.75) is 58.8 Å². The van der Waals surface area contributed by atoms with Crippen molar-refractivity contribution >= 4 is 5.97 Å². The summed E-state index contributed by atoms with van der Waals surface area (Å²) in [6, 6.07) is 0. The van der Waals surface area contributed by atoms with Crippen molar-refractivity contribution in [1.82, 2.24) is 0 Å². The van der Waals surface area contributed by atoms with Gasteiger partial charge in [0, 0.05) is 5.57 Å². The number of fused-ring (bicyclic) bond motifs is 2. The molecule has 0 unspecified atom stereocenters. The maximum absolute atomic E-state index is 11.8. The van der Waals surface area contributed by atoms with Crippen LogP contribution in [0.2, 0.25) is 0 Å². The fourth-order valence-corrected chi connectivity index (χ4v) is 4.74. The summed E-state index contributed by atoms with van der Waals surface area (Å²) >= 11 is 0. The molecule has 0 spiro atoms. The van der Waals surface area contributed by atoms with Crippen molar-refractivity contribution in [1.29, 1.82) is 0 Å². The van der Waals surface area contributed by atoms with Crippen molar-refractivity contribution < 1.29 is 19.7 Å². The Balaban J connectivity index is 2.15. The minimum absolute atomic E-state index is 0.109. The SMILES string of the molecule is CC1(C)CCC[C@]2(C)C3=C(C(=O)O[C@H]3O)[C@H](O)C[C@@H]12. The van der Waals surface area contributed by atoms with Crippen LogP contribution < -0.4 is 0 Å². The molecule has 1 heterocycles. The molecule has 3 rings (SSSR count). The lowest BCUT2D eigenvalue weighted by molar-refractivity contribution is -0.153. The quantitative estimate of drug-likeness (QED) is 0.656. The molecule has 1 aliphatic heterocycles. The number of ether oxygens (including phenoxy) is 1. The molecule has 0 bridgehead atoms. The molecule has 19 heavy (non-hydrogen) atoms. The Morgan fingerprint density at radius 1 is 1.21 bits per heavy atom. The van der Waals surface area contributed by atoms with Gasteiger partial charge >= 0.3 is 5.97 Å². The number of cyclic esters (lactones) is 1. The first-order valence-corrected chi connectivity index (χ1v) is 7.09. The molecule has 2 aliphatic carbocycles. The molecule has 0 aromatic rings. The second kappa shape index (κ2) is 3.83. The van der Waals surface area contributed by atoms with Crippen LogP contribution in [0.25, 0.3) is 0 Å². The number of carbonyl (C=O) groups is 1. The van der Waals surface area contributed by atoms with Gasteiger partial charge in [-0.25, -0.2) is 4.79 Å². The Morgan fingerprint density at radius 2 is 1.89 bits per heavy atom. The zero-order chi connectivity index (χ0) is 14.0. The topological polar surface area (TPSA) is 66.8 Å². The minimum atomic E-state index is -1.17. The molecule has 2 N–H and O–H groups in total. The van der Waals surface area contributed by atoms with E-state index in [0.717, 1.165) is 19.3 Å². The standard InChI is InChI=1S/C15H22O4/c1-14(2)5-4-6-15(3)9(14)7-8(16)10-11(15)13(18)19-12(10)17/h8-9,13,16,18H,4-7H2,1-3H3/t8-,9+,13-,15+/m1/s1. The van der Waals surface area contributed by atoms with Gasteiger partial charge in [-0.05, 0) is 36.0 Å². The van der Waals surface area contributed by atoms with Gasteiger partial charge < -0.3 is 14.9 Å². The second-order valence-electron chi connectivity index (χ2n) is 7.15. The summed E-state index contributed by atoms with van der Waals surface area (Å²) in [5, 5.41) is 20.4. The number of esters is 1. The van der Waals surface area contributed by atoms with Gasteiger partial charge in [0.15, 0.2) is 0 Å². The summed E-state index contributed by atoms with van der Waals surface area (Å²) in [6.07, 6.45) is 1.76. The summed E-state index contributed by atoms with van der Waals surface area (Å²) in [7, 11) is 0. The van der Waals surface area contributed by atoms with Crippen LogP contribution in [-0.4, -0.2) is 28.6 Å². The Morgan fingerprint density at radius 3 is 2.58 bits per heavy atom. The molecule has 0 aromatic heterocycles. The van der Waals surface area contributed by atoms with Crippen molar-refractivity contribution in [3.8, 4) is 0 Å². The molecule has 4 nitrogen and oxygen atoms in total. The van der Waals surface area contributed by atoms with Crippen LogP contribution in [0.5, 0.6) is 0 Å². The van der Waals surface area contributed by atoms with E-state index in [1.54, 1.807) is 0 Å². The van der Waals surface area contributed by atoms with Crippen LogP contribution in [-0.2, 0) is 9.53 Å². The predicted octanol–water partition coefficient (Wildman–Crippen LogP) is 1.76. The third-order valence-electron chi connectivity index (χ3n) is 5.61. The molecule has 3 aliphatic rings. The van der Waals surface area contributed by atoms with E-state index in [-0.39, 0.29) is 16.7 Å². The van der Waals surface area contributed by atoms with E-state index in [0.29, 0.717) is 17.6 Å². The number of aliphatic hydroxyl groups excluding tert-OH is 2. The lowest BCUT2D eigenvalue weighted by Crippen LogP contribution is -2.49. The Labute approximate surface area is 113 Å². The Bertz CT molecular complexity index is 465. The van der Waals surface area contributed by atoms with E-state index < -0.39 is 18.4 Å². The normalized spacial score (nSPS) is 44.7. The van der Waals surface area contributed by atoms with Crippen molar-refractivity contribution in [2.75, 3.05) is 0 Å². The third-order valence-corrected chi connectivity index (χ3v) is 5.61. The van der Waals surface area contributed by atoms with Crippen LogP contribution in [0.3, 0.4) is 0 Å². The zero-order valence-electron chi connectivity index (χ0n) is 11.8. The molecule has 4 atom stereocenters. The maximum atomic E-state index is 11.8. The molecular formula is C15H22O4. The molecule has 1 fully saturated rings. The Kier molecular flexibility index (Phi) is 2.64. The highest BCUT2D eigenvalue weighted by molar-refractivity contribution is 5.93. The van der Waals surface area contributed by atoms with E-state index in [9.17, 15) is 15.0 Å². The average molecular weight is 266 g/mol. The number of carbonyl (C=O) groups excluding carboxylic acids is 1. The van der Waals surface area contributed by atoms with E-state index in [1.807, 2.05) is 0 Å². The molecule has 4 heteroatoms. The maximum Gasteiger partial charge on any atom is 0.339 e. The number of rotatable bonds is 0. The predicted molar refractivity (Wildman–Crippen MR) is 69.0 cm³/mol. The first-order chi connectivity index (χ1) is 8.77. The molecule has 0 saturated heterocycles. The lowest BCUT2D eigenvalue weighted by atomic mass is 9.50. The fourth-order valence-electron chi connectivity index (χ4n) is 4.74. The van der Waals surface area contributed by atoms with E-state index in [4.69, 9.17) is 4.74 Å². The summed E-state index contributed by atoms with van der Waals surface area (Å²) in [5.41, 5.74) is 0.845. The van der Waals surface area contributed by atoms with Gasteiger partial charge in [-0.1, -0.05) is 27.2 Å². The average Bonchev–Trinajstić information content (AvgIpc) is 2.59. The van der Waals surface area contributed by atoms with Crippen LogP contribution in [0.15, 0.2) is 11.1 Å². The van der Waals surface area contributed by atoms with E-state index in [1.165, 1.54) is 0 Å². The molecule has 106 valence electrons. The number of hydrogen-bond acceptors (Lipinski definition) is 4. The highest BCUT2D eigenvalue weighted by Gasteiger charge is 2.58. The van der Waals surface area contributed by atoms with Gasteiger partial charge in [0.1, 0.15) is 0 Å². The highest BCUT2D eigenvalue weighted by Crippen LogP contribution is 2.61. The Hall–Kier alpha value is -0.870. The monoisotopic (exact) mass is 266 g/mol. The van der Waals surface area contributed by atoms with Gasteiger partial charge in [0.25, 0.3) is 0 Å². The summed E-state index contributed by atoms with van der Waals surface area (Å²) in [6.45, 7) is 6.56. The van der Waals surface area contributed by atoms with E-state index in [2.05, 4.69) is 20.8 Å². The van der Waals surface area contributed by atoms with Gasteiger partial charge in [-0.15, -0.1) is 0 Å². The molecule has 1 saturated carbocycles. The summed E-state index contributed by atoms with van der Waals surface area (Å²) < 4.78 is 4.94. The van der Waals surface area contributed by atoms with Crippen LogP contribution in [0.4, 0.5) is 0 Å². The van der Waals surface area contributed by atoms with Crippen LogP contribution in [0.1, 0.15) is 46.5 Å². The molecule has 0 amide bonds. The second-order valence-corrected chi connectivity index (χ2v) is 7.15. The largest absolute Gasteiger partial charge is 0.428 e. The fraction of sp³-hybridized carbons (Fsp3) is 0.800. The van der Waals surface area contributed by atoms with Gasteiger partial charge in [0.05, 0.1) is 11.7 Å². The molecule has 0 aromatic carbocycles. The lowest BCUT2D eigenvalue weighted by Gasteiger charge is -2.54. The van der Waals surface area contributed by atoms with E-state index >= 15 is 0 Å².